The zero-order valence-corrected chi connectivity index (χ0v) is 18.3. The summed E-state index contributed by atoms with van der Waals surface area (Å²) in [5, 5.41) is 19.2. The SMILES string of the molecule is CC/C=C/CCCCCCCC(=O)C1=[N+](CC(O)CS(=O)(=O)O)CCN1CCO. The third-order valence-corrected chi connectivity index (χ3v) is 5.68. The second-order valence-electron chi connectivity index (χ2n) is 7.49. The van der Waals surface area contributed by atoms with E-state index < -0.39 is 22.0 Å². The molecule has 0 bridgehead atoms. The lowest BCUT2D eigenvalue weighted by Crippen LogP contribution is -2.40. The maximum Gasteiger partial charge on any atom is 0.316 e. The Labute approximate surface area is 174 Å². The predicted molar refractivity (Wildman–Crippen MR) is 113 cm³/mol. The maximum atomic E-state index is 12.8. The summed E-state index contributed by atoms with van der Waals surface area (Å²) in [5.74, 6) is -0.391. The van der Waals surface area contributed by atoms with Crippen molar-refractivity contribution in [2.75, 3.05) is 38.5 Å². The molecular weight excluding hydrogens is 396 g/mol. The molecule has 1 unspecified atom stereocenters. The van der Waals surface area contributed by atoms with Gasteiger partial charge >= 0.3 is 5.84 Å². The highest BCUT2D eigenvalue weighted by Crippen LogP contribution is 2.11. The zero-order valence-electron chi connectivity index (χ0n) is 17.5. The molecule has 29 heavy (non-hydrogen) atoms. The summed E-state index contributed by atoms with van der Waals surface area (Å²) in [7, 11) is -4.29. The fourth-order valence-electron chi connectivity index (χ4n) is 3.55. The van der Waals surface area contributed by atoms with E-state index in [4.69, 9.17) is 4.55 Å². The monoisotopic (exact) mass is 433 g/mol. The average molecular weight is 434 g/mol. The van der Waals surface area contributed by atoms with Crippen molar-refractivity contribution >= 4 is 21.7 Å². The first kappa shape index (κ1) is 25.7. The van der Waals surface area contributed by atoms with Crippen molar-refractivity contribution in [1.29, 1.82) is 0 Å². The molecule has 0 aliphatic carbocycles. The van der Waals surface area contributed by atoms with Crippen molar-refractivity contribution < 1.29 is 32.6 Å². The van der Waals surface area contributed by atoms with E-state index in [0.29, 0.717) is 31.9 Å². The van der Waals surface area contributed by atoms with Crippen LogP contribution in [0.25, 0.3) is 0 Å². The summed E-state index contributed by atoms with van der Waals surface area (Å²) in [5.41, 5.74) is 0. The predicted octanol–water partition coefficient (Wildman–Crippen LogP) is 1.22. The van der Waals surface area contributed by atoms with Gasteiger partial charge in [-0.2, -0.15) is 8.42 Å². The number of hydrogen-bond acceptors (Lipinski definition) is 6. The number of carbonyl (C=O) groups excluding carboxylic acids is 1. The highest BCUT2D eigenvalue weighted by molar-refractivity contribution is 7.85. The molecule has 1 heterocycles. The molecule has 0 aromatic carbocycles. The number of Topliss-reactive ketones (excluding diaryl/α,β-unsaturated/α-hetero) is 1. The Morgan fingerprint density at radius 1 is 1.21 bits per heavy atom. The normalized spacial score (nSPS) is 16.2. The number of hydrogen-bond donors (Lipinski definition) is 3. The molecule has 0 saturated heterocycles. The van der Waals surface area contributed by atoms with Gasteiger partial charge in [-0.1, -0.05) is 38.3 Å². The fraction of sp³-hybridized carbons (Fsp3) is 0.800. The van der Waals surface area contributed by atoms with Crippen LogP contribution in [0.3, 0.4) is 0 Å². The van der Waals surface area contributed by atoms with Crippen LogP contribution in [-0.4, -0.2) is 88.9 Å². The summed E-state index contributed by atoms with van der Waals surface area (Å²) in [4.78, 5) is 14.5. The lowest BCUT2D eigenvalue weighted by atomic mass is 10.1. The molecule has 9 heteroatoms. The molecule has 0 spiro atoms. The summed E-state index contributed by atoms with van der Waals surface area (Å²) in [6, 6.07) is 0. The minimum Gasteiger partial charge on any atom is -0.392 e. The van der Waals surface area contributed by atoms with Gasteiger partial charge in [0.15, 0.2) is 0 Å². The van der Waals surface area contributed by atoms with E-state index in [1.807, 2.05) is 0 Å². The molecule has 0 aromatic heterocycles. The molecule has 1 rings (SSSR count). The number of ketones is 1. The van der Waals surface area contributed by atoms with Crippen LogP contribution in [0, 0.1) is 0 Å². The van der Waals surface area contributed by atoms with Crippen LogP contribution in [-0.2, 0) is 14.9 Å². The number of aliphatic hydroxyl groups excluding tert-OH is 2. The van der Waals surface area contributed by atoms with Crippen LogP contribution in [0.5, 0.6) is 0 Å². The molecule has 168 valence electrons. The third kappa shape index (κ3) is 10.9. The van der Waals surface area contributed by atoms with Gasteiger partial charge in [0.05, 0.1) is 6.61 Å². The van der Waals surface area contributed by atoms with Gasteiger partial charge in [0.25, 0.3) is 10.1 Å². The minimum atomic E-state index is -4.29. The molecule has 8 nitrogen and oxygen atoms in total. The number of unbranched alkanes of at least 4 members (excludes halogenated alkanes) is 5. The van der Waals surface area contributed by atoms with Crippen molar-refractivity contribution in [3.8, 4) is 0 Å². The maximum absolute atomic E-state index is 12.8. The largest absolute Gasteiger partial charge is 0.392 e. The highest BCUT2D eigenvalue weighted by atomic mass is 32.2. The molecule has 1 aliphatic heterocycles. The van der Waals surface area contributed by atoms with Crippen LogP contribution in [0.1, 0.15) is 58.3 Å². The topological polar surface area (TPSA) is 118 Å². The number of β-amino-alcohol motifs (C(OH)–C–C–N with tert-alkyl or cyclic N) is 2. The van der Waals surface area contributed by atoms with Crippen molar-refractivity contribution in [2.45, 2.75) is 64.4 Å². The Morgan fingerprint density at radius 3 is 2.55 bits per heavy atom. The first-order valence-corrected chi connectivity index (χ1v) is 12.2. The number of carbonyl (C=O) groups is 1. The lowest BCUT2D eigenvalue weighted by Gasteiger charge is -2.13. The molecule has 3 N–H and O–H groups in total. The Bertz CT molecular complexity index is 660. The van der Waals surface area contributed by atoms with Gasteiger partial charge < -0.3 is 10.2 Å². The Kier molecular flexibility index (Phi) is 12.3. The highest BCUT2D eigenvalue weighted by Gasteiger charge is 2.36. The van der Waals surface area contributed by atoms with Crippen LogP contribution in [0.4, 0.5) is 0 Å². The van der Waals surface area contributed by atoms with Gasteiger partial charge in [0, 0.05) is 6.42 Å². The summed E-state index contributed by atoms with van der Waals surface area (Å²) < 4.78 is 32.5. The summed E-state index contributed by atoms with van der Waals surface area (Å²) >= 11 is 0. The smallest absolute Gasteiger partial charge is 0.316 e. The fourth-order valence-corrected chi connectivity index (χ4v) is 4.14. The van der Waals surface area contributed by atoms with Crippen molar-refractivity contribution in [3.05, 3.63) is 12.2 Å². The molecular formula is C20H37N2O6S+. The first-order valence-electron chi connectivity index (χ1n) is 10.6. The average Bonchev–Trinajstić information content (AvgIpc) is 3.01. The van der Waals surface area contributed by atoms with Crippen LogP contribution in [0.15, 0.2) is 12.2 Å². The van der Waals surface area contributed by atoms with Crippen molar-refractivity contribution in [3.63, 3.8) is 0 Å². The molecule has 0 radical (unpaired) electrons. The van der Waals surface area contributed by atoms with Crippen molar-refractivity contribution in [2.24, 2.45) is 0 Å². The van der Waals surface area contributed by atoms with E-state index in [1.54, 1.807) is 9.48 Å². The standard InChI is InChI=1S/C20H36N2O6S/c1-2-3-4-5-6-7-8-9-10-11-19(25)20-21(14-15-23)12-13-22(20)16-18(24)17-29(26,27)28/h3-4,18,23-24H,2,5-17H2,1H3/p+1/b4-3+. The number of allylic oxidation sites excluding steroid dienone is 2. The third-order valence-electron chi connectivity index (χ3n) is 4.87. The summed E-state index contributed by atoms with van der Waals surface area (Å²) in [6.45, 7) is 3.30. The molecule has 0 fully saturated rings. The van der Waals surface area contributed by atoms with E-state index in [1.165, 1.54) is 0 Å². The first-order chi connectivity index (χ1) is 13.8. The van der Waals surface area contributed by atoms with E-state index in [2.05, 4.69) is 19.1 Å². The number of nitrogens with zero attached hydrogens (tertiary/aromatic N) is 2. The van der Waals surface area contributed by atoms with Gasteiger partial charge in [0.2, 0.25) is 5.78 Å². The minimum absolute atomic E-state index is 0.0475. The number of aliphatic hydroxyl groups is 2. The Hall–Kier alpha value is -1.29. The second-order valence-corrected chi connectivity index (χ2v) is 8.99. The van der Waals surface area contributed by atoms with Crippen LogP contribution >= 0.6 is 0 Å². The van der Waals surface area contributed by atoms with Gasteiger partial charge in [0.1, 0.15) is 38.0 Å². The van der Waals surface area contributed by atoms with E-state index >= 15 is 0 Å². The molecule has 1 aliphatic rings. The molecule has 0 aromatic rings. The molecule has 0 saturated carbocycles. The van der Waals surface area contributed by atoms with E-state index in [-0.39, 0.29) is 18.9 Å². The van der Waals surface area contributed by atoms with E-state index in [9.17, 15) is 23.4 Å². The zero-order chi connectivity index (χ0) is 21.7. The summed E-state index contributed by atoms with van der Waals surface area (Å²) in [6.07, 6.45) is 10.8. The Balaban J connectivity index is 2.53. The lowest BCUT2D eigenvalue weighted by molar-refractivity contribution is -0.525. The molecule has 0 amide bonds. The Morgan fingerprint density at radius 2 is 1.90 bits per heavy atom. The van der Waals surface area contributed by atoms with Crippen LogP contribution < -0.4 is 0 Å². The quantitative estimate of drug-likeness (QED) is 0.145. The van der Waals surface area contributed by atoms with Crippen molar-refractivity contribution in [1.82, 2.24) is 4.90 Å². The van der Waals surface area contributed by atoms with Crippen LogP contribution in [0.2, 0.25) is 0 Å². The second kappa shape index (κ2) is 13.8. The van der Waals surface area contributed by atoms with E-state index in [0.717, 1.165) is 44.9 Å². The number of rotatable bonds is 16. The van der Waals surface area contributed by atoms with Gasteiger partial charge in [-0.3, -0.25) is 18.8 Å². The molecule has 1 atom stereocenters. The number of amidine groups is 1. The van der Waals surface area contributed by atoms with Gasteiger partial charge in [-0.15, -0.1) is 0 Å². The van der Waals surface area contributed by atoms with Gasteiger partial charge in [-0.05, 0) is 25.7 Å². The van der Waals surface area contributed by atoms with Gasteiger partial charge in [-0.25, -0.2) is 0 Å².